The van der Waals surface area contributed by atoms with Crippen LogP contribution in [0.25, 0.3) is 0 Å². The molecule has 0 spiro atoms. The summed E-state index contributed by atoms with van der Waals surface area (Å²) >= 11 is 0. The van der Waals surface area contributed by atoms with Crippen LogP contribution in [0, 0.1) is 5.92 Å². The van der Waals surface area contributed by atoms with E-state index in [1.54, 1.807) is 0 Å². The summed E-state index contributed by atoms with van der Waals surface area (Å²) in [5.41, 5.74) is 0.966. The number of piperazine rings is 1. The molecule has 0 aromatic rings. The summed E-state index contributed by atoms with van der Waals surface area (Å²) in [7, 11) is 0. The number of hydrogen-bond acceptors (Lipinski definition) is 4. The number of fused-ring (bicyclic) bond motifs is 2. The maximum Gasteiger partial charge on any atom is 0.145 e. The lowest BCUT2D eigenvalue weighted by Crippen LogP contribution is -2.50. The lowest BCUT2D eigenvalue weighted by Gasteiger charge is -2.37. The fourth-order valence-corrected chi connectivity index (χ4v) is 3.88. The zero-order valence-electron chi connectivity index (χ0n) is 13.6. The topological polar surface area (TPSA) is 36.9 Å². The van der Waals surface area contributed by atoms with E-state index >= 15 is 0 Å². The van der Waals surface area contributed by atoms with Crippen molar-refractivity contribution in [2.75, 3.05) is 26.2 Å². The van der Waals surface area contributed by atoms with Gasteiger partial charge in [0.1, 0.15) is 23.4 Å². The van der Waals surface area contributed by atoms with Gasteiger partial charge >= 0.3 is 0 Å². The summed E-state index contributed by atoms with van der Waals surface area (Å²) in [6, 6.07) is 0. The van der Waals surface area contributed by atoms with Crippen molar-refractivity contribution in [2.45, 2.75) is 31.8 Å². The van der Waals surface area contributed by atoms with Crippen molar-refractivity contribution in [3.63, 3.8) is 0 Å². The molecule has 2 unspecified atom stereocenters. The van der Waals surface area contributed by atoms with Gasteiger partial charge in [0.2, 0.25) is 0 Å². The third-order valence-corrected chi connectivity index (χ3v) is 5.08. The molecule has 2 fully saturated rings. The Bertz CT molecular complexity index is 594. The van der Waals surface area contributed by atoms with Gasteiger partial charge in [-0.1, -0.05) is 30.7 Å². The molecule has 0 amide bonds. The molecule has 0 bridgehead atoms. The Morgan fingerprint density at radius 1 is 1.00 bits per heavy atom. The predicted octanol–water partition coefficient (Wildman–Crippen LogP) is 2.77. The molecular weight excluding hydrogens is 286 g/mol. The van der Waals surface area contributed by atoms with Crippen LogP contribution in [-0.4, -0.2) is 43.0 Å². The number of amidine groups is 1. The van der Waals surface area contributed by atoms with Gasteiger partial charge in [0.15, 0.2) is 0 Å². The first kappa shape index (κ1) is 14.8. The first-order valence-electron chi connectivity index (χ1n) is 8.88. The minimum Gasteiger partial charge on any atom is -0.487 e. The number of aliphatic imine (C=N–C) groups is 1. The van der Waals surface area contributed by atoms with E-state index in [1.807, 2.05) is 18.2 Å². The molecule has 2 atom stereocenters. The van der Waals surface area contributed by atoms with Crippen LogP contribution in [0.5, 0.6) is 0 Å². The molecule has 0 aromatic carbocycles. The van der Waals surface area contributed by atoms with Crippen molar-refractivity contribution in [1.29, 1.82) is 0 Å². The van der Waals surface area contributed by atoms with E-state index in [4.69, 9.17) is 9.73 Å². The molecule has 4 aliphatic rings. The average molecular weight is 311 g/mol. The van der Waals surface area contributed by atoms with Gasteiger partial charge in [-0.25, -0.2) is 4.99 Å². The largest absolute Gasteiger partial charge is 0.487 e. The summed E-state index contributed by atoms with van der Waals surface area (Å²) in [5.74, 6) is 2.61. The molecule has 122 valence electrons. The normalized spacial score (nSPS) is 37.9. The highest BCUT2D eigenvalue weighted by molar-refractivity contribution is 5.87. The summed E-state index contributed by atoms with van der Waals surface area (Å²) in [6.07, 6.45) is 17.5. The van der Waals surface area contributed by atoms with Crippen LogP contribution in [0.15, 0.2) is 52.9 Å². The SMILES string of the molecule is C1=C\C=C2\N=C(N3CCNCC3)C3CCCCC3O\C2=C\C=C/1. The third-order valence-electron chi connectivity index (χ3n) is 5.08. The Hall–Kier alpha value is -1.81. The first-order chi connectivity index (χ1) is 11.4. The van der Waals surface area contributed by atoms with Crippen molar-refractivity contribution in [1.82, 2.24) is 10.2 Å². The van der Waals surface area contributed by atoms with E-state index < -0.39 is 0 Å². The first-order valence-corrected chi connectivity index (χ1v) is 8.88. The van der Waals surface area contributed by atoms with Gasteiger partial charge in [-0.2, -0.15) is 0 Å². The van der Waals surface area contributed by atoms with Crippen LogP contribution in [0.1, 0.15) is 25.7 Å². The Labute approximate surface area is 138 Å². The Morgan fingerprint density at radius 2 is 1.78 bits per heavy atom. The van der Waals surface area contributed by atoms with Crippen LogP contribution < -0.4 is 5.32 Å². The number of hydrogen-bond donors (Lipinski definition) is 1. The van der Waals surface area contributed by atoms with Crippen molar-refractivity contribution in [2.24, 2.45) is 10.9 Å². The fourth-order valence-electron chi connectivity index (χ4n) is 3.88. The summed E-state index contributed by atoms with van der Waals surface area (Å²) in [5, 5.41) is 3.44. The van der Waals surface area contributed by atoms with Gasteiger partial charge in [-0.05, 0) is 31.4 Å². The molecule has 1 N–H and O–H groups in total. The Morgan fingerprint density at radius 3 is 2.65 bits per heavy atom. The fraction of sp³-hybridized carbons (Fsp3) is 0.526. The maximum atomic E-state index is 6.43. The number of allylic oxidation sites excluding steroid dienone is 6. The van der Waals surface area contributed by atoms with E-state index in [0.717, 1.165) is 44.1 Å². The zero-order chi connectivity index (χ0) is 15.5. The highest BCUT2D eigenvalue weighted by atomic mass is 16.5. The molecule has 0 aromatic heterocycles. The Kier molecular flexibility index (Phi) is 4.33. The zero-order valence-corrected chi connectivity index (χ0v) is 13.6. The van der Waals surface area contributed by atoms with Gasteiger partial charge in [0, 0.05) is 26.2 Å². The van der Waals surface area contributed by atoms with Gasteiger partial charge in [-0.3, -0.25) is 0 Å². The molecule has 2 aliphatic heterocycles. The molecule has 23 heavy (non-hydrogen) atoms. The van der Waals surface area contributed by atoms with E-state index in [1.165, 1.54) is 25.1 Å². The highest BCUT2D eigenvalue weighted by Gasteiger charge is 2.37. The van der Waals surface area contributed by atoms with Crippen LogP contribution >= 0.6 is 0 Å². The van der Waals surface area contributed by atoms with E-state index in [2.05, 4.69) is 28.4 Å². The van der Waals surface area contributed by atoms with Crippen LogP contribution in [0.3, 0.4) is 0 Å². The van der Waals surface area contributed by atoms with Gasteiger partial charge in [0.25, 0.3) is 0 Å². The smallest absolute Gasteiger partial charge is 0.145 e. The van der Waals surface area contributed by atoms with E-state index in [0.29, 0.717) is 5.92 Å². The summed E-state index contributed by atoms with van der Waals surface area (Å²) in [6.45, 7) is 4.18. The van der Waals surface area contributed by atoms with Gasteiger partial charge in [-0.15, -0.1) is 0 Å². The second-order valence-electron chi connectivity index (χ2n) is 6.61. The molecule has 2 aliphatic carbocycles. The van der Waals surface area contributed by atoms with Crippen LogP contribution in [0.4, 0.5) is 0 Å². The molecule has 4 rings (SSSR count). The van der Waals surface area contributed by atoms with Crippen molar-refractivity contribution in [3.05, 3.63) is 47.9 Å². The molecular formula is C19H25N3O. The molecule has 4 nitrogen and oxygen atoms in total. The molecule has 2 heterocycles. The standard InChI is InChI=1S/C19H25N3O/c1-2-4-10-18-16(8-3-1)21-19(22-13-11-20-12-14-22)15-7-5-6-9-17(15)23-18/h1-4,8,10,15,17,20H,5-7,9,11-14H2/b2-1?,3-1-,4-2-,8-3?,10-4?,16-8+,18-10+. The summed E-state index contributed by atoms with van der Waals surface area (Å²) in [4.78, 5) is 7.58. The monoisotopic (exact) mass is 311 g/mol. The van der Waals surface area contributed by atoms with Crippen molar-refractivity contribution < 1.29 is 4.74 Å². The van der Waals surface area contributed by atoms with Crippen LogP contribution in [0.2, 0.25) is 0 Å². The molecule has 4 heteroatoms. The number of nitrogens with one attached hydrogen (secondary N) is 1. The summed E-state index contributed by atoms with van der Waals surface area (Å²) < 4.78 is 6.43. The van der Waals surface area contributed by atoms with Gasteiger partial charge in [0.05, 0.1) is 5.92 Å². The number of ether oxygens (including phenoxy) is 1. The quantitative estimate of drug-likeness (QED) is 0.747. The van der Waals surface area contributed by atoms with E-state index in [9.17, 15) is 0 Å². The van der Waals surface area contributed by atoms with Gasteiger partial charge < -0.3 is 15.0 Å². The minimum absolute atomic E-state index is 0.270. The maximum absolute atomic E-state index is 6.43. The highest BCUT2D eigenvalue weighted by Crippen LogP contribution is 2.35. The van der Waals surface area contributed by atoms with Crippen molar-refractivity contribution in [3.8, 4) is 0 Å². The molecule has 1 saturated heterocycles. The Balaban J connectivity index is 1.74. The average Bonchev–Trinajstić information content (AvgIpc) is 2.73. The predicted molar refractivity (Wildman–Crippen MR) is 93.2 cm³/mol. The second-order valence-corrected chi connectivity index (χ2v) is 6.61. The van der Waals surface area contributed by atoms with E-state index in [-0.39, 0.29) is 6.10 Å². The number of rotatable bonds is 0. The lowest BCUT2D eigenvalue weighted by molar-refractivity contribution is 0.0624. The molecule has 0 radical (unpaired) electrons. The minimum atomic E-state index is 0.270. The molecule has 1 saturated carbocycles. The van der Waals surface area contributed by atoms with Crippen LogP contribution in [-0.2, 0) is 4.74 Å². The lowest BCUT2D eigenvalue weighted by atomic mass is 9.85. The second kappa shape index (κ2) is 6.75. The van der Waals surface area contributed by atoms with Crippen molar-refractivity contribution >= 4 is 5.84 Å². The number of nitrogens with zero attached hydrogens (tertiary/aromatic N) is 2. The third kappa shape index (κ3) is 3.13.